The van der Waals surface area contributed by atoms with Crippen LogP contribution in [0.15, 0.2) is 54.6 Å². The van der Waals surface area contributed by atoms with E-state index in [0.29, 0.717) is 17.5 Å². The second-order valence-corrected chi connectivity index (χ2v) is 6.35. The van der Waals surface area contributed by atoms with Crippen molar-refractivity contribution in [1.82, 2.24) is 5.32 Å². The molecule has 0 aliphatic heterocycles. The minimum Gasteiger partial charge on any atom is -0.484 e. The van der Waals surface area contributed by atoms with Crippen LogP contribution < -0.4 is 20.3 Å². The molecule has 0 saturated heterocycles. The zero-order valence-corrected chi connectivity index (χ0v) is 16.1. The van der Waals surface area contributed by atoms with E-state index in [1.807, 2.05) is 42.5 Å². The van der Waals surface area contributed by atoms with Gasteiger partial charge in [0.2, 0.25) is 5.91 Å². The highest BCUT2D eigenvalue weighted by atomic mass is 16.5. The molecule has 2 aromatic rings. The van der Waals surface area contributed by atoms with Gasteiger partial charge in [-0.2, -0.15) is 0 Å². The molecule has 0 saturated carbocycles. The van der Waals surface area contributed by atoms with Crippen molar-refractivity contribution in [3.63, 3.8) is 0 Å². The molecule has 0 heterocycles. The first-order valence-corrected chi connectivity index (χ1v) is 9.10. The standard InChI is InChI=1S/C21H27N3O3/c1-4-24(16(2)3)18-12-10-17(11-13-18)23-20(25)14-22-21(26)15-27-19-8-6-5-7-9-19/h5-13,16H,4,14-15H2,1-3H3,(H,22,26)(H,23,25). The fourth-order valence-electron chi connectivity index (χ4n) is 2.68. The molecule has 27 heavy (non-hydrogen) atoms. The molecule has 144 valence electrons. The van der Waals surface area contributed by atoms with Gasteiger partial charge in [0.25, 0.3) is 5.91 Å². The lowest BCUT2D eigenvalue weighted by atomic mass is 10.2. The topological polar surface area (TPSA) is 70.7 Å². The van der Waals surface area contributed by atoms with Gasteiger partial charge >= 0.3 is 0 Å². The first-order valence-electron chi connectivity index (χ1n) is 9.10. The Kier molecular flexibility index (Phi) is 7.67. The number of benzene rings is 2. The highest BCUT2D eigenvalue weighted by molar-refractivity contribution is 5.94. The molecule has 0 atom stereocenters. The number of hydrogen-bond donors (Lipinski definition) is 2. The van der Waals surface area contributed by atoms with Gasteiger partial charge in [-0.3, -0.25) is 9.59 Å². The van der Waals surface area contributed by atoms with Crippen molar-refractivity contribution in [2.24, 2.45) is 0 Å². The predicted molar refractivity (Wildman–Crippen MR) is 108 cm³/mol. The number of carbonyl (C=O) groups is 2. The zero-order chi connectivity index (χ0) is 19.6. The number of rotatable bonds is 9. The SMILES string of the molecule is CCN(c1ccc(NC(=O)CNC(=O)COc2ccccc2)cc1)C(C)C. The Morgan fingerprint density at radius 2 is 1.67 bits per heavy atom. The summed E-state index contributed by atoms with van der Waals surface area (Å²) in [5.41, 5.74) is 1.80. The van der Waals surface area contributed by atoms with Crippen molar-refractivity contribution in [2.75, 3.05) is 29.9 Å². The van der Waals surface area contributed by atoms with Gasteiger partial charge < -0.3 is 20.3 Å². The average molecular weight is 369 g/mol. The molecule has 0 spiro atoms. The van der Waals surface area contributed by atoms with Crippen molar-refractivity contribution in [3.8, 4) is 5.75 Å². The Hall–Kier alpha value is -3.02. The zero-order valence-electron chi connectivity index (χ0n) is 16.1. The summed E-state index contributed by atoms with van der Waals surface area (Å²) in [6.45, 7) is 7.08. The van der Waals surface area contributed by atoms with Crippen molar-refractivity contribution in [1.29, 1.82) is 0 Å². The van der Waals surface area contributed by atoms with Gasteiger partial charge in [-0.15, -0.1) is 0 Å². The van der Waals surface area contributed by atoms with Crippen LogP contribution in [0.2, 0.25) is 0 Å². The summed E-state index contributed by atoms with van der Waals surface area (Å²) in [5, 5.41) is 5.31. The second-order valence-electron chi connectivity index (χ2n) is 6.35. The van der Waals surface area contributed by atoms with Crippen LogP contribution in [0.25, 0.3) is 0 Å². The number of nitrogens with zero attached hydrogens (tertiary/aromatic N) is 1. The molecule has 0 radical (unpaired) electrons. The minimum absolute atomic E-state index is 0.105. The van der Waals surface area contributed by atoms with Crippen molar-refractivity contribution in [2.45, 2.75) is 26.8 Å². The Bertz CT molecular complexity index is 730. The number of amides is 2. The van der Waals surface area contributed by atoms with Crippen LogP contribution in [0, 0.1) is 0 Å². The molecule has 6 heteroatoms. The highest BCUT2D eigenvalue weighted by Crippen LogP contribution is 2.19. The predicted octanol–water partition coefficient (Wildman–Crippen LogP) is 3.06. The fourth-order valence-corrected chi connectivity index (χ4v) is 2.68. The van der Waals surface area contributed by atoms with Crippen molar-refractivity contribution in [3.05, 3.63) is 54.6 Å². The van der Waals surface area contributed by atoms with Crippen LogP contribution in [0.3, 0.4) is 0 Å². The molecular weight excluding hydrogens is 342 g/mol. The third-order valence-corrected chi connectivity index (χ3v) is 4.01. The highest BCUT2D eigenvalue weighted by Gasteiger charge is 2.09. The largest absolute Gasteiger partial charge is 0.484 e. The van der Waals surface area contributed by atoms with Crippen LogP contribution >= 0.6 is 0 Å². The Balaban J connectivity index is 1.75. The number of anilines is 2. The van der Waals surface area contributed by atoms with Gasteiger partial charge in [0.15, 0.2) is 6.61 Å². The number of ether oxygens (including phenoxy) is 1. The Morgan fingerprint density at radius 3 is 2.26 bits per heavy atom. The van der Waals surface area contributed by atoms with Gasteiger partial charge in [-0.05, 0) is 57.2 Å². The van der Waals surface area contributed by atoms with Gasteiger partial charge in [-0.1, -0.05) is 18.2 Å². The van der Waals surface area contributed by atoms with Crippen LogP contribution in [-0.4, -0.2) is 37.6 Å². The summed E-state index contributed by atoms with van der Waals surface area (Å²) in [5.74, 6) is -0.0217. The van der Waals surface area contributed by atoms with E-state index in [-0.39, 0.29) is 25.0 Å². The van der Waals surface area contributed by atoms with Crippen LogP contribution in [0.1, 0.15) is 20.8 Å². The van der Waals surface area contributed by atoms with E-state index in [1.165, 1.54) is 0 Å². The molecule has 0 fully saturated rings. The number of carbonyl (C=O) groups excluding carboxylic acids is 2. The normalized spacial score (nSPS) is 10.4. The summed E-state index contributed by atoms with van der Waals surface area (Å²) in [7, 11) is 0. The minimum atomic E-state index is -0.347. The van der Waals surface area contributed by atoms with Gasteiger partial charge in [-0.25, -0.2) is 0 Å². The maximum Gasteiger partial charge on any atom is 0.258 e. The van der Waals surface area contributed by atoms with E-state index in [0.717, 1.165) is 12.2 Å². The summed E-state index contributed by atoms with van der Waals surface area (Å²) in [6, 6.07) is 17.1. The lowest BCUT2D eigenvalue weighted by Gasteiger charge is -2.27. The van der Waals surface area contributed by atoms with Crippen molar-refractivity contribution < 1.29 is 14.3 Å². The van der Waals surface area contributed by atoms with Gasteiger partial charge in [0, 0.05) is 24.0 Å². The molecule has 2 N–H and O–H groups in total. The molecule has 2 rings (SSSR count). The second kappa shape index (κ2) is 10.2. The van der Waals surface area contributed by atoms with E-state index >= 15 is 0 Å². The Morgan fingerprint density at radius 1 is 1.00 bits per heavy atom. The molecule has 2 aromatic carbocycles. The van der Waals surface area contributed by atoms with E-state index in [2.05, 4.69) is 36.3 Å². The average Bonchev–Trinajstić information content (AvgIpc) is 2.67. The van der Waals surface area contributed by atoms with E-state index in [4.69, 9.17) is 4.74 Å². The maximum absolute atomic E-state index is 12.0. The van der Waals surface area contributed by atoms with Gasteiger partial charge in [0.05, 0.1) is 6.54 Å². The maximum atomic E-state index is 12.0. The molecule has 0 aliphatic carbocycles. The lowest BCUT2D eigenvalue weighted by Crippen LogP contribution is -2.35. The van der Waals surface area contributed by atoms with Gasteiger partial charge in [0.1, 0.15) is 5.75 Å². The lowest BCUT2D eigenvalue weighted by molar-refractivity contribution is -0.125. The quantitative estimate of drug-likeness (QED) is 0.713. The smallest absolute Gasteiger partial charge is 0.258 e. The first kappa shape index (κ1) is 20.3. The first-order chi connectivity index (χ1) is 13.0. The van der Waals surface area contributed by atoms with E-state index < -0.39 is 0 Å². The fraction of sp³-hybridized carbons (Fsp3) is 0.333. The summed E-state index contributed by atoms with van der Waals surface area (Å²) in [6.07, 6.45) is 0. The summed E-state index contributed by atoms with van der Waals surface area (Å²) < 4.78 is 5.34. The van der Waals surface area contributed by atoms with E-state index in [9.17, 15) is 9.59 Å². The molecule has 0 unspecified atom stereocenters. The molecular formula is C21H27N3O3. The third kappa shape index (κ3) is 6.66. The third-order valence-electron chi connectivity index (χ3n) is 4.01. The summed E-state index contributed by atoms with van der Waals surface area (Å²) in [4.78, 5) is 26.0. The monoisotopic (exact) mass is 369 g/mol. The molecule has 0 aliphatic rings. The molecule has 0 aromatic heterocycles. The van der Waals surface area contributed by atoms with Crippen LogP contribution in [0.4, 0.5) is 11.4 Å². The summed E-state index contributed by atoms with van der Waals surface area (Å²) >= 11 is 0. The number of para-hydroxylation sites is 1. The van der Waals surface area contributed by atoms with Crippen molar-refractivity contribution >= 4 is 23.2 Å². The molecule has 0 bridgehead atoms. The Labute approximate surface area is 160 Å². The van der Waals surface area contributed by atoms with E-state index in [1.54, 1.807) is 12.1 Å². The molecule has 2 amide bonds. The van der Waals surface area contributed by atoms with Crippen LogP contribution in [0.5, 0.6) is 5.75 Å². The number of hydrogen-bond acceptors (Lipinski definition) is 4. The van der Waals surface area contributed by atoms with Crippen LogP contribution in [-0.2, 0) is 9.59 Å². The number of nitrogens with one attached hydrogen (secondary N) is 2. The molecule has 6 nitrogen and oxygen atoms in total.